The number of anilines is 1. The van der Waals surface area contributed by atoms with Crippen molar-refractivity contribution in [1.29, 1.82) is 0 Å². The van der Waals surface area contributed by atoms with Gasteiger partial charge in [-0.15, -0.1) is 0 Å². The van der Waals surface area contributed by atoms with Gasteiger partial charge >= 0.3 is 5.69 Å². The minimum Gasteiger partial charge on any atom is -0.351 e. The van der Waals surface area contributed by atoms with Crippen LogP contribution in [-0.4, -0.2) is 52.3 Å². The number of aryl methyl sites for hydroxylation is 2. The van der Waals surface area contributed by atoms with E-state index in [0.717, 1.165) is 32.0 Å². The van der Waals surface area contributed by atoms with Crippen molar-refractivity contribution in [3.05, 3.63) is 15.8 Å². The Morgan fingerprint density at radius 1 is 1.24 bits per heavy atom. The molecule has 2 aliphatic rings. The highest BCUT2D eigenvalue weighted by Crippen LogP contribution is 2.34. The minimum absolute atomic E-state index is 0.206. The molecule has 0 N–H and O–H groups in total. The van der Waals surface area contributed by atoms with Crippen molar-refractivity contribution in [2.24, 2.45) is 18.9 Å². The Labute approximate surface area is 150 Å². The second-order valence-electron chi connectivity index (χ2n) is 7.79. The summed E-state index contributed by atoms with van der Waals surface area (Å²) in [5.41, 5.74) is 0.798. The van der Waals surface area contributed by atoms with Crippen LogP contribution in [-0.2, 0) is 13.5 Å². The number of nitro groups is 1. The van der Waals surface area contributed by atoms with Crippen LogP contribution in [0.5, 0.6) is 0 Å². The summed E-state index contributed by atoms with van der Waals surface area (Å²) >= 11 is 0. The van der Waals surface area contributed by atoms with Crippen molar-refractivity contribution in [3.63, 3.8) is 0 Å². The molecule has 25 heavy (non-hydrogen) atoms. The van der Waals surface area contributed by atoms with Crippen LogP contribution in [0.25, 0.3) is 0 Å². The minimum atomic E-state index is -0.253. The van der Waals surface area contributed by atoms with Gasteiger partial charge in [-0.05, 0) is 57.0 Å². The van der Waals surface area contributed by atoms with Crippen molar-refractivity contribution in [2.75, 3.05) is 37.6 Å². The van der Waals surface area contributed by atoms with Gasteiger partial charge in [0, 0.05) is 26.7 Å². The fourth-order valence-corrected chi connectivity index (χ4v) is 4.35. The number of rotatable bonds is 5. The molecule has 0 amide bonds. The molecule has 2 fully saturated rings. The predicted octanol–water partition coefficient (Wildman–Crippen LogP) is 2.84. The van der Waals surface area contributed by atoms with Crippen LogP contribution in [0.1, 0.15) is 45.2 Å². The topological polar surface area (TPSA) is 67.4 Å². The van der Waals surface area contributed by atoms with Gasteiger partial charge in [0.05, 0.1) is 4.92 Å². The van der Waals surface area contributed by atoms with Crippen LogP contribution in [0.4, 0.5) is 11.5 Å². The molecule has 1 atom stereocenters. The van der Waals surface area contributed by atoms with Crippen molar-refractivity contribution in [2.45, 2.75) is 46.0 Å². The third-order valence-corrected chi connectivity index (χ3v) is 5.79. The molecule has 7 nitrogen and oxygen atoms in total. The molecule has 0 aliphatic carbocycles. The Hall–Kier alpha value is -1.63. The molecule has 0 bridgehead atoms. The number of hydrogen-bond acceptors (Lipinski definition) is 5. The van der Waals surface area contributed by atoms with Crippen LogP contribution in [0, 0.1) is 22.0 Å². The number of likely N-dealkylation sites (tertiary alicyclic amines) is 1. The van der Waals surface area contributed by atoms with E-state index in [-0.39, 0.29) is 10.6 Å². The number of piperidine rings is 2. The summed E-state index contributed by atoms with van der Waals surface area (Å²) < 4.78 is 1.71. The SMILES string of the molecule is CCc1nn(C)c(N2CCCC(CN3CCC(C)CC3)C2)c1[N+](=O)[O-]. The lowest BCUT2D eigenvalue weighted by molar-refractivity contribution is -0.384. The molecule has 0 radical (unpaired) electrons. The summed E-state index contributed by atoms with van der Waals surface area (Å²) in [6.45, 7) is 9.57. The lowest BCUT2D eigenvalue weighted by Crippen LogP contribution is -2.43. The van der Waals surface area contributed by atoms with Gasteiger partial charge in [0.25, 0.3) is 0 Å². The fourth-order valence-electron chi connectivity index (χ4n) is 4.35. The van der Waals surface area contributed by atoms with Crippen molar-refractivity contribution in [3.8, 4) is 0 Å². The molecular weight excluding hydrogens is 318 g/mol. The molecule has 140 valence electrons. The van der Waals surface area contributed by atoms with Crippen molar-refractivity contribution in [1.82, 2.24) is 14.7 Å². The molecule has 1 aromatic heterocycles. The van der Waals surface area contributed by atoms with E-state index in [1.54, 1.807) is 4.68 Å². The summed E-state index contributed by atoms with van der Waals surface area (Å²) in [6, 6.07) is 0. The zero-order valence-electron chi connectivity index (χ0n) is 15.8. The van der Waals surface area contributed by atoms with E-state index in [0.29, 0.717) is 23.9 Å². The molecule has 1 unspecified atom stereocenters. The van der Waals surface area contributed by atoms with E-state index in [1.807, 2.05) is 14.0 Å². The number of aromatic nitrogens is 2. The summed E-state index contributed by atoms with van der Waals surface area (Å²) in [5.74, 6) is 2.13. The molecule has 7 heteroatoms. The highest BCUT2D eigenvalue weighted by Gasteiger charge is 2.33. The maximum absolute atomic E-state index is 11.6. The Balaban J connectivity index is 1.71. The Morgan fingerprint density at radius 3 is 2.60 bits per heavy atom. The van der Waals surface area contributed by atoms with Crippen molar-refractivity contribution < 1.29 is 4.92 Å². The number of nitrogens with zero attached hydrogens (tertiary/aromatic N) is 5. The van der Waals surface area contributed by atoms with Gasteiger partial charge in [0.2, 0.25) is 5.82 Å². The third-order valence-electron chi connectivity index (χ3n) is 5.79. The Morgan fingerprint density at radius 2 is 1.96 bits per heavy atom. The van der Waals surface area contributed by atoms with Gasteiger partial charge in [-0.2, -0.15) is 5.10 Å². The highest BCUT2D eigenvalue weighted by atomic mass is 16.6. The lowest BCUT2D eigenvalue weighted by Gasteiger charge is -2.38. The van der Waals surface area contributed by atoms with E-state index < -0.39 is 0 Å². The molecule has 3 rings (SSSR count). The lowest BCUT2D eigenvalue weighted by atomic mass is 9.94. The predicted molar refractivity (Wildman–Crippen MR) is 99.0 cm³/mol. The average Bonchev–Trinajstić information content (AvgIpc) is 2.94. The number of hydrogen-bond donors (Lipinski definition) is 0. The van der Waals surface area contributed by atoms with E-state index in [9.17, 15) is 10.1 Å². The third kappa shape index (κ3) is 3.97. The molecule has 0 aromatic carbocycles. The monoisotopic (exact) mass is 349 g/mol. The first kappa shape index (κ1) is 18.2. The first-order chi connectivity index (χ1) is 12.0. The van der Waals surface area contributed by atoms with Crippen LogP contribution in [0.3, 0.4) is 0 Å². The molecule has 0 spiro atoms. The second-order valence-corrected chi connectivity index (χ2v) is 7.79. The maximum atomic E-state index is 11.6. The van der Waals surface area contributed by atoms with E-state index in [1.165, 1.54) is 32.4 Å². The molecule has 1 aromatic rings. The van der Waals surface area contributed by atoms with E-state index in [2.05, 4.69) is 21.8 Å². The van der Waals surface area contributed by atoms with Crippen molar-refractivity contribution >= 4 is 11.5 Å². The summed E-state index contributed by atoms with van der Waals surface area (Å²) in [5, 5.41) is 16.0. The Bertz CT molecular complexity index is 607. The summed E-state index contributed by atoms with van der Waals surface area (Å²) in [7, 11) is 1.83. The molecule has 2 aliphatic heterocycles. The largest absolute Gasteiger partial charge is 0.351 e. The Kier molecular flexibility index (Phi) is 5.61. The van der Waals surface area contributed by atoms with Crippen LogP contribution in [0.2, 0.25) is 0 Å². The summed E-state index contributed by atoms with van der Waals surface area (Å²) in [4.78, 5) is 16.1. The van der Waals surface area contributed by atoms with Gasteiger partial charge in [-0.3, -0.25) is 10.1 Å². The maximum Gasteiger partial charge on any atom is 0.334 e. The second kappa shape index (κ2) is 7.72. The zero-order chi connectivity index (χ0) is 18.0. The van der Waals surface area contributed by atoms with E-state index >= 15 is 0 Å². The zero-order valence-corrected chi connectivity index (χ0v) is 15.8. The standard InChI is InChI=1S/C18H31N5O2/c1-4-16-17(23(24)25)18(20(3)19-16)22-9-5-6-15(13-22)12-21-10-7-14(2)8-11-21/h14-15H,4-13H2,1-3H3. The van der Waals surface area contributed by atoms with Gasteiger partial charge in [0.1, 0.15) is 5.69 Å². The van der Waals surface area contributed by atoms with Crippen LogP contribution < -0.4 is 4.90 Å². The van der Waals surface area contributed by atoms with Gasteiger partial charge in [-0.1, -0.05) is 13.8 Å². The first-order valence-electron chi connectivity index (χ1n) is 9.67. The first-order valence-corrected chi connectivity index (χ1v) is 9.67. The van der Waals surface area contributed by atoms with Crippen LogP contribution in [0.15, 0.2) is 0 Å². The van der Waals surface area contributed by atoms with Gasteiger partial charge in [0.15, 0.2) is 0 Å². The van der Waals surface area contributed by atoms with Gasteiger partial charge in [-0.25, -0.2) is 4.68 Å². The fraction of sp³-hybridized carbons (Fsp3) is 0.833. The van der Waals surface area contributed by atoms with E-state index in [4.69, 9.17) is 0 Å². The average molecular weight is 349 g/mol. The normalized spacial score (nSPS) is 23.2. The smallest absolute Gasteiger partial charge is 0.334 e. The van der Waals surface area contributed by atoms with Gasteiger partial charge < -0.3 is 9.80 Å². The van der Waals surface area contributed by atoms with Crippen LogP contribution >= 0.6 is 0 Å². The molecule has 2 saturated heterocycles. The molecule has 3 heterocycles. The molecular formula is C18H31N5O2. The molecule has 0 saturated carbocycles. The highest BCUT2D eigenvalue weighted by molar-refractivity contribution is 5.61. The summed E-state index contributed by atoms with van der Waals surface area (Å²) in [6.07, 6.45) is 5.49. The quantitative estimate of drug-likeness (QED) is 0.604.